The lowest BCUT2D eigenvalue weighted by Crippen LogP contribution is -2.39. The summed E-state index contributed by atoms with van der Waals surface area (Å²) in [6, 6.07) is 19.5. The summed E-state index contributed by atoms with van der Waals surface area (Å²) in [6.07, 6.45) is 1.93. The molecule has 0 atom stereocenters. The Hall–Kier alpha value is -3.48. The number of para-hydroxylation sites is 1. The van der Waals surface area contributed by atoms with E-state index in [-0.39, 0.29) is 0 Å². The normalized spacial score (nSPS) is 11.2. The van der Waals surface area contributed by atoms with Gasteiger partial charge in [-0.1, -0.05) is 18.2 Å². The fourth-order valence-electron chi connectivity index (χ4n) is 2.68. The van der Waals surface area contributed by atoms with E-state index in [1.165, 1.54) is 0 Å². The highest BCUT2D eigenvalue weighted by atomic mass is 16.5. The molecule has 3 aromatic rings. The maximum atomic E-state index is 5.70. The minimum atomic E-state index is 0.484. The van der Waals surface area contributed by atoms with Gasteiger partial charge in [-0.15, -0.1) is 0 Å². The molecule has 2 N–H and O–H groups in total. The molecule has 0 saturated carbocycles. The zero-order valence-electron chi connectivity index (χ0n) is 16.8. The van der Waals surface area contributed by atoms with Crippen LogP contribution in [0.2, 0.25) is 0 Å². The van der Waals surface area contributed by atoms with Crippen molar-refractivity contribution in [1.29, 1.82) is 0 Å². The molecule has 1 aromatic heterocycles. The van der Waals surface area contributed by atoms with Gasteiger partial charge in [0.15, 0.2) is 5.96 Å². The Bertz CT molecular complexity index is 891. The van der Waals surface area contributed by atoms with Crippen LogP contribution < -0.4 is 20.1 Å². The van der Waals surface area contributed by atoms with Gasteiger partial charge in [0.05, 0.1) is 31.6 Å². The zero-order chi connectivity index (χ0) is 20.3. The molecular formula is C22H27N5O2. The molecule has 0 spiro atoms. The van der Waals surface area contributed by atoms with Crippen molar-refractivity contribution in [1.82, 2.24) is 20.4 Å². The third-order valence-corrected chi connectivity index (χ3v) is 4.13. The van der Waals surface area contributed by atoms with Crippen molar-refractivity contribution in [3.63, 3.8) is 0 Å². The van der Waals surface area contributed by atoms with E-state index in [2.05, 4.69) is 20.7 Å². The predicted molar refractivity (Wildman–Crippen MR) is 115 cm³/mol. The Labute approximate surface area is 171 Å². The number of aromatic nitrogens is 2. The van der Waals surface area contributed by atoms with Crippen LogP contribution in [0.3, 0.4) is 0 Å². The molecule has 29 heavy (non-hydrogen) atoms. The van der Waals surface area contributed by atoms with Gasteiger partial charge in [0.25, 0.3) is 0 Å². The average molecular weight is 393 g/mol. The molecule has 7 heteroatoms. The smallest absolute Gasteiger partial charge is 0.191 e. The van der Waals surface area contributed by atoms with E-state index in [9.17, 15) is 0 Å². The van der Waals surface area contributed by atoms with Crippen LogP contribution in [0.1, 0.15) is 12.6 Å². The van der Waals surface area contributed by atoms with Gasteiger partial charge in [0.2, 0.25) is 0 Å². The van der Waals surface area contributed by atoms with Gasteiger partial charge in [0.1, 0.15) is 18.1 Å². The second kappa shape index (κ2) is 10.8. The molecule has 0 aliphatic heterocycles. The summed E-state index contributed by atoms with van der Waals surface area (Å²) in [5.74, 6) is 2.42. The molecular weight excluding hydrogens is 366 g/mol. The summed E-state index contributed by atoms with van der Waals surface area (Å²) in [7, 11) is 1.66. The van der Waals surface area contributed by atoms with Crippen molar-refractivity contribution in [3.05, 3.63) is 72.6 Å². The molecule has 0 amide bonds. The highest BCUT2D eigenvalue weighted by molar-refractivity contribution is 5.79. The molecule has 2 aromatic carbocycles. The van der Waals surface area contributed by atoms with Gasteiger partial charge in [-0.3, -0.25) is 0 Å². The first-order valence-electron chi connectivity index (χ1n) is 9.67. The number of aliphatic imine (C=N–C) groups is 1. The van der Waals surface area contributed by atoms with Crippen LogP contribution in [0.5, 0.6) is 11.5 Å². The minimum Gasteiger partial charge on any atom is -0.497 e. The number of hydrogen-bond acceptors (Lipinski definition) is 4. The summed E-state index contributed by atoms with van der Waals surface area (Å²) >= 11 is 0. The largest absolute Gasteiger partial charge is 0.497 e. The lowest BCUT2D eigenvalue weighted by atomic mass is 10.3. The third kappa shape index (κ3) is 6.27. The number of nitrogens with one attached hydrogen (secondary N) is 2. The summed E-state index contributed by atoms with van der Waals surface area (Å²) in [4.78, 5) is 4.61. The Morgan fingerprint density at radius 3 is 2.52 bits per heavy atom. The van der Waals surface area contributed by atoms with E-state index < -0.39 is 0 Å². The van der Waals surface area contributed by atoms with Gasteiger partial charge in [-0.25, -0.2) is 9.67 Å². The average Bonchev–Trinajstić information content (AvgIpc) is 3.25. The fourth-order valence-corrected chi connectivity index (χ4v) is 2.68. The number of benzene rings is 2. The number of ether oxygens (including phenoxy) is 2. The highest BCUT2D eigenvalue weighted by Gasteiger charge is 2.03. The Balaban J connectivity index is 1.52. The monoisotopic (exact) mass is 393 g/mol. The van der Waals surface area contributed by atoms with E-state index in [1.807, 2.05) is 78.5 Å². The quantitative estimate of drug-likeness (QED) is 0.332. The predicted octanol–water partition coefficient (Wildman–Crippen LogP) is 3.02. The van der Waals surface area contributed by atoms with Crippen molar-refractivity contribution in [3.8, 4) is 17.2 Å². The molecule has 0 unspecified atom stereocenters. The highest BCUT2D eigenvalue weighted by Crippen LogP contribution is 2.14. The van der Waals surface area contributed by atoms with Crippen LogP contribution in [0.25, 0.3) is 5.69 Å². The summed E-state index contributed by atoms with van der Waals surface area (Å²) < 4.78 is 12.7. The number of guanidine groups is 1. The first kappa shape index (κ1) is 20.3. The fraction of sp³-hybridized carbons (Fsp3) is 0.273. The van der Waals surface area contributed by atoms with Crippen LogP contribution >= 0.6 is 0 Å². The molecule has 0 saturated heterocycles. The maximum Gasteiger partial charge on any atom is 0.191 e. The molecule has 1 heterocycles. The number of rotatable bonds is 9. The molecule has 0 aliphatic rings. The number of methoxy groups -OCH3 is 1. The van der Waals surface area contributed by atoms with Gasteiger partial charge in [-0.2, -0.15) is 5.10 Å². The Morgan fingerprint density at radius 1 is 1.00 bits per heavy atom. The molecule has 0 aliphatic carbocycles. The molecule has 0 bridgehead atoms. The molecule has 152 valence electrons. The zero-order valence-corrected chi connectivity index (χ0v) is 16.8. The standard InChI is InChI=1S/C22H27N5O2/c1-3-23-22(24-14-16-29-21-7-5-4-6-8-21)25-17-18-13-15-27(26-18)19-9-11-20(28-2)12-10-19/h4-13,15H,3,14,16-17H2,1-2H3,(H2,23,24,25). The van der Waals surface area contributed by atoms with Gasteiger partial charge in [-0.05, 0) is 49.4 Å². The van der Waals surface area contributed by atoms with Crippen molar-refractivity contribution >= 4 is 5.96 Å². The van der Waals surface area contributed by atoms with Crippen LogP contribution in [0.4, 0.5) is 0 Å². The van der Waals surface area contributed by atoms with E-state index >= 15 is 0 Å². The molecule has 0 fully saturated rings. The molecule has 0 radical (unpaired) electrons. The van der Waals surface area contributed by atoms with E-state index in [1.54, 1.807) is 7.11 Å². The maximum absolute atomic E-state index is 5.70. The van der Waals surface area contributed by atoms with Gasteiger partial charge in [0, 0.05) is 12.7 Å². The van der Waals surface area contributed by atoms with Crippen LogP contribution in [-0.4, -0.2) is 42.5 Å². The Kier molecular flexibility index (Phi) is 7.51. The van der Waals surface area contributed by atoms with E-state index in [0.29, 0.717) is 19.7 Å². The second-order valence-electron chi connectivity index (χ2n) is 6.23. The SMILES string of the molecule is CCNC(=NCc1ccn(-c2ccc(OC)cc2)n1)NCCOc1ccccc1. The minimum absolute atomic E-state index is 0.484. The van der Waals surface area contributed by atoms with E-state index in [0.717, 1.165) is 35.4 Å². The number of hydrogen-bond donors (Lipinski definition) is 2. The topological polar surface area (TPSA) is 72.7 Å². The second-order valence-corrected chi connectivity index (χ2v) is 6.23. The lowest BCUT2D eigenvalue weighted by Gasteiger charge is -2.11. The van der Waals surface area contributed by atoms with E-state index in [4.69, 9.17) is 9.47 Å². The van der Waals surface area contributed by atoms with Crippen LogP contribution in [-0.2, 0) is 6.54 Å². The Morgan fingerprint density at radius 2 is 1.79 bits per heavy atom. The lowest BCUT2D eigenvalue weighted by molar-refractivity contribution is 0.322. The van der Waals surface area contributed by atoms with Crippen molar-refractivity contribution in [2.24, 2.45) is 4.99 Å². The first-order chi connectivity index (χ1) is 14.3. The summed E-state index contributed by atoms with van der Waals surface area (Å²) in [6.45, 7) is 4.52. The van der Waals surface area contributed by atoms with Crippen molar-refractivity contribution in [2.75, 3.05) is 26.8 Å². The molecule has 7 nitrogen and oxygen atoms in total. The summed E-state index contributed by atoms with van der Waals surface area (Å²) in [5.41, 5.74) is 1.86. The first-order valence-corrected chi connectivity index (χ1v) is 9.67. The van der Waals surface area contributed by atoms with Crippen molar-refractivity contribution < 1.29 is 9.47 Å². The third-order valence-electron chi connectivity index (χ3n) is 4.13. The van der Waals surface area contributed by atoms with Gasteiger partial charge >= 0.3 is 0 Å². The molecule has 3 rings (SSSR count). The van der Waals surface area contributed by atoms with Crippen LogP contribution in [0.15, 0.2) is 71.9 Å². The number of nitrogens with zero attached hydrogens (tertiary/aromatic N) is 3. The summed E-state index contributed by atoms with van der Waals surface area (Å²) in [5, 5.41) is 11.1. The van der Waals surface area contributed by atoms with Crippen molar-refractivity contribution in [2.45, 2.75) is 13.5 Å². The van der Waals surface area contributed by atoms with Crippen LogP contribution in [0, 0.1) is 0 Å². The van der Waals surface area contributed by atoms with Gasteiger partial charge < -0.3 is 20.1 Å².